The van der Waals surface area contributed by atoms with E-state index in [4.69, 9.17) is 5.10 Å². The van der Waals surface area contributed by atoms with Crippen molar-refractivity contribution in [3.63, 3.8) is 0 Å². The third-order valence-electron chi connectivity index (χ3n) is 4.95. The average molecular weight is 381 g/mol. The van der Waals surface area contributed by atoms with Crippen molar-refractivity contribution in [2.24, 2.45) is 0 Å². The van der Waals surface area contributed by atoms with Crippen LogP contribution in [0.2, 0.25) is 0 Å². The largest absolute Gasteiger partial charge is 0.260 e. The molecule has 0 bridgehead atoms. The molecule has 24 heavy (non-hydrogen) atoms. The first-order chi connectivity index (χ1) is 11.8. The molecule has 122 valence electrons. The molecule has 1 heterocycles. The highest BCUT2D eigenvalue weighted by molar-refractivity contribution is 9.09. The van der Waals surface area contributed by atoms with E-state index in [-0.39, 0.29) is 0 Å². The van der Waals surface area contributed by atoms with E-state index in [1.54, 1.807) is 0 Å². The van der Waals surface area contributed by atoms with Crippen LogP contribution in [-0.2, 0) is 0 Å². The van der Waals surface area contributed by atoms with Gasteiger partial charge in [-0.05, 0) is 19.8 Å². The minimum atomic E-state index is 0.427. The number of aromatic nitrogens is 2. The molecule has 1 aliphatic carbocycles. The van der Waals surface area contributed by atoms with Crippen LogP contribution in [0.3, 0.4) is 0 Å². The van der Waals surface area contributed by atoms with Gasteiger partial charge in [-0.15, -0.1) is 0 Å². The molecule has 4 rings (SSSR count). The van der Waals surface area contributed by atoms with Crippen molar-refractivity contribution in [3.05, 3.63) is 66.2 Å². The van der Waals surface area contributed by atoms with Crippen molar-refractivity contribution in [2.75, 3.05) is 0 Å². The number of hydrogen-bond donors (Lipinski definition) is 0. The molecule has 0 saturated heterocycles. The van der Waals surface area contributed by atoms with Gasteiger partial charge in [-0.2, -0.15) is 5.10 Å². The molecule has 0 amide bonds. The fourth-order valence-corrected chi connectivity index (χ4v) is 4.55. The summed E-state index contributed by atoms with van der Waals surface area (Å²) in [5.74, 6) is 0. The molecule has 0 radical (unpaired) electrons. The van der Waals surface area contributed by atoms with E-state index in [1.165, 1.54) is 41.6 Å². The monoisotopic (exact) mass is 380 g/mol. The fraction of sp³-hybridized carbons (Fsp3) is 0.286. The quantitative estimate of drug-likeness (QED) is 0.508. The summed E-state index contributed by atoms with van der Waals surface area (Å²) in [7, 11) is 0. The van der Waals surface area contributed by atoms with Crippen molar-refractivity contribution < 1.29 is 0 Å². The normalized spacial score (nSPS) is 20.4. The van der Waals surface area contributed by atoms with Crippen LogP contribution in [0, 0.1) is 6.92 Å². The van der Waals surface area contributed by atoms with Gasteiger partial charge in [0.15, 0.2) is 0 Å². The summed E-state index contributed by atoms with van der Waals surface area (Å²) in [6.07, 6.45) is 3.66. The van der Waals surface area contributed by atoms with Gasteiger partial charge < -0.3 is 0 Å². The molecular weight excluding hydrogens is 360 g/mol. The van der Waals surface area contributed by atoms with E-state index < -0.39 is 0 Å². The standard InChI is InChI=1S/C21H21BrN2/c1-15-20(16-9-4-2-5-10-16)23-24(19-14-8-13-18(19)22)21(15)17-11-6-3-7-12-17/h2-7,9-12,18-19H,8,13-14H2,1H3. The SMILES string of the molecule is Cc1c(-c2ccccc2)nn(C2CCCC2Br)c1-c1ccccc1. The van der Waals surface area contributed by atoms with Crippen LogP contribution in [0.25, 0.3) is 22.5 Å². The molecule has 0 aliphatic heterocycles. The summed E-state index contributed by atoms with van der Waals surface area (Å²) in [6.45, 7) is 2.20. The van der Waals surface area contributed by atoms with Gasteiger partial charge in [-0.3, -0.25) is 4.68 Å². The molecule has 2 atom stereocenters. The third kappa shape index (κ3) is 2.71. The molecule has 3 aromatic rings. The lowest BCUT2D eigenvalue weighted by Crippen LogP contribution is -2.16. The van der Waals surface area contributed by atoms with Gasteiger partial charge in [0.1, 0.15) is 0 Å². The Morgan fingerprint density at radius 2 is 1.54 bits per heavy atom. The molecular formula is C21H21BrN2. The van der Waals surface area contributed by atoms with Gasteiger partial charge in [-0.1, -0.05) is 83.0 Å². The lowest BCUT2D eigenvalue weighted by atomic mass is 10.0. The lowest BCUT2D eigenvalue weighted by molar-refractivity contribution is 0.485. The molecule has 0 N–H and O–H groups in total. The molecule has 1 aromatic heterocycles. The Kier molecular flexibility index (Phi) is 4.28. The average Bonchev–Trinajstić information content (AvgIpc) is 3.19. The van der Waals surface area contributed by atoms with E-state index in [1.807, 2.05) is 0 Å². The molecule has 3 heteroatoms. The summed E-state index contributed by atoms with van der Waals surface area (Å²) in [4.78, 5) is 0.503. The summed E-state index contributed by atoms with van der Waals surface area (Å²) in [6, 6.07) is 21.6. The molecule has 1 aliphatic rings. The zero-order chi connectivity index (χ0) is 16.5. The Bertz CT molecular complexity index is 824. The van der Waals surface area contributed by atoms with Gasteiger partial charge >= 0.3 is 0 Å². The number of benzene rings is 2. The third-order valence-corrected chi connectivity index (χ3v) is 6.02. The van der Waals surface area contributed by atoms with Crippen molar-refractivity contribution >= 4 is 15.9 Å². The Morgan fingerprint density at radius 3 is 2.12 bits per heavy atom. The maximum atomic E-state index is 5.08. The first-order valence-corrected chi connectivity index (χ1v) is 9.51. The van der Waals surface area contributed by atoms with Crippen LogP contribution >= 0.6 is 15.9 Å². The number of hydrogen-bond acceptors (Lipinski definition) is 1. The van der Waals surface area contributed by atoms with Crippen LogP contribution in [0.1, 0.15) is 30.9 Å². The van der Waals surface area contributed by atoms with Gasteiger partial charge in [0.05, 0.1) is 17.4 Å². The number of rotatable bonds is 3. The van der Waals surface area contributed by atoms with E-state index in [9.17, 15) is 0 Å². The Hall–Kier alpha value is -1.87. The molecule has 2 nitrogen and oxygen atoms in total. The summed E-state index contributed by atoms with van der Waals surface area (Å²) >= 11 is 3.88. The summed E-state index contributed by atoms with van der Waals surface area (Å²) < 4.78 is 2.28. The maximum Gasteiger partial charge on any atom is 0.0959 e. The Morgan fingerprint density at radius 1 is 0.917 bits per heavy atom. The highest BCUT2D eigenvalue weighted by Gasteiger charge is 2.31. The van der Waals surface area contributed by atoms with Crippen LogP contribution in [0.4, 0.5) is 0 Å². The zero-order valence-electron chi connectivity index (χ0n) is 13.8. The fourth-order valence-electron chi connectivity index (χ4n) is 3.74. The second-order valence-electron chi connectivity index (χ2n) is 6.51. The Balaban J connectivity index is 1.91. The highest BCUT2D eigenvalue weighted by atomic mass is 79.9. The van der Waals surface area contributed by atoms with Crippen molar-refractivity contribution in [3.8, 4) is 22.5 Å². The van der Waals surface area contributed by atoms with E-state index in [0.717, 1.165) is 5.69 Å². The minimum Gasteiger partial charge on any atom is -0.260 e. The first-order valence-electron chi connectivity index (χ1n) is 8.59. The predicted octanol–water partition coefficient (Wildman–Crippen LogP) is 6.01. The smallest absolute Gasteiger partial charge is 0.0959 e. The van der Waals surface area contributed by atoms with E-state index in [0.29, 0.717) is 10.9 Å². The van der Waals surface area contributed by atoms with Gasteiger partial charge in [0.25, 0.3) is 0 Å². The van der Waals surface area contributed by atoms with Crippen molar-refractivity contribution in [1.29, 1.82) is 0 Å². The second kappa shape index (κ2) is 6.56. The van der Waals surface area contributed by atoms with Crippen molar-refractivity contribution in [2.45, 2.75) is 37.1 Å². The summed E-state index contributed by atoms with van der Waals surface area (Å²) in [5, 5.41) is 5.08. The highest BCUT2D eigenvalue weighted by Crippen LogP contribution is 2.41. The zero-order valence-corrected chi connectivity index (χ0v) is 15.4. The van der Waals surface area contributed by atoms with Crippen LogP contribution < -0.4 is 0 Å². The first kappa shape index (κ1) is 15.6. The van der Waals surface area contributed by atoms with Gasteiger partial charge in [-0.25, -0.2) is 0 Å². The summed E-state index contributed by atoms with van der Waals surface area (Å²) in [5.41, 5.74) is 6.05. The van der Waals surface area contributed by atoms with Crippen LogP contribution in [0.15, 0.2) is 60.7 Å². The van der Waals surface area contributed by atoms with Gasteiger partial charge in [0, 0.05) is 21.5 Å². The maximum absolute atomic E-state index is 5.08. The number of halogens is 1. The van der Waals surface area contributed by atoms with E-state index in [2.05, 4.69) is 88.2 Å². The molecule has 2 unspecified atom stereocenters. The van der Waals surface area contributed by atoms with Crippen LogP contribution in [-0.4, -0.2) is 14.6 Å². The second-order valence-corrected chi connectivity index (χ2v) is 7.69. The molecule has 1 fully saturated rings. The Labute approximate surface area is 151 Å². The topological polar surface area (TPSA) is 17.8 Å². The van der Waals surface area contributed by atoms with E-state index >= 15 is 0 Å². The minimum absolute atomic E-state index is 0.427. The predicted molar refractivity (Wildman–Crippen MR) is 103 cm³/mol. The molecule has 0 spiro atoms. The van der Waals surface area contributed by atoms with Gasteiger partial charge in [0.2, 0.25) is 0 Å². The molecule has 1 saturated carbocycles. The number of nitrogens with zero attached hydrogens (tertiary/aromatic N) is 2. The van der Waals surface area contributed by atoms with Crippen molar-refractivity contribution in [1.82, 2.24) is 9.78 Å². The van der Waals surface area contributed by atoms with Crippen LogP contribution in [0.5, 0.6) is 0 Å². The molecule has 2 aromatic carbocycles. The lowest BCUT2D eigenvalue weighted by Gasteiger charge is -2.18. The number of alkyl halides is 1.